The lowest BCUT2D eigenvalue weighted by Gasteiger charge is -2.08. The first kappa shape index (κ1) is 11.6. The van der Waals surface area contributed by atoms with Crippen LogP contribution < -0.4 is 0 Å². The van der Waals surface area contributed by atoms with E-state index in [1.807, 2.05) is 6.92 Å². The second-order valence-electron chi connectivity index (χ2n) is 2.74. The van der Waals surface area contributed by atoms with Gasteiger partial charge >= 0.3 is 5.97 Å². The fraction of sp³-hybridized carbons (Fsp3) is 0.400. The molecule has 0 aliphatic rings. The van der Waals surface area contributed by atoms with Crippen LogP contribution in [0.3, 0.4) is 0 Å². The van der Waals surface area contributed by atoms with E-state index >= 15 is 0 Å². The molecule has 0 aliphatic heterocycles. The molecule has 0 heterocycles. The Morgan fingerprint density at radius 1 is 1.69 bits per heavy atom. The molecule has 0 amide bonds. The lowest BCUT2D eigenvalue weighted by Crippen LogP contribution is -2.20. The summed E-state index contributed by atoms with van der Waals surface area (Å²) in [5.74, 6) is -0.988. The van der Waals surface area contributed by atoms with Gasteiger partial charge in [0.1, 0.15) is 0 Å². The largest absolute Gasteiger partial charge is 0.479 e. The molecular weight excluding hydrogens is 166 g/mol. The molecule has 0 bridgehead atoms. The van der Waals surface area contributed by atoms with Crippen LogP contribution in [0.2, 0.25) is 0 Å². The third-order valence-corrected chi connectivity index (χ3v) is 1.71. The van der Waals surface area contributed by atoms with Crippen LogP contribution in [0.15, 0.2) is 29.8 Å². The molecule has 13 heavy (non-hydrogen) atoms. The summed E-state index contributed by atoms with van der Waals surface area (Å²) in [6, 6.07) is -0.877. The Bertz CT molecular complexity index is 254. The van der Waals surface area contributed by atoms with Crippen molar-refractivity contribution in [2.75, 3.05) is 0 Å². The highest BCUT2D eigenvalue weighted by Gasteiger charge is 2.17. The molecule has 0 aromatic carbocycles. The van der Waals surface area contributed by atoms with E-state index in [4.69, 9.17) is 5.11 Å². The van der Waals surface area contributed by atoms with E-state index in [1.54, 1.807) is 6.92 Å². The van der Waals surface area contributed by atoms with E-state index in [-0.39, 0.29) is 0 Å². The Hall–Kier alpha value is -1.38. The zero-order chi connectivity index (χ0) is 10.4. The molecular formula is C10H15NO2. The number of carbonyl (C=O) groups is 1. The van der Waals surface area contributed by atoms with Gasteiger partial charge in [0, 0.05) is 5.71 Å². The molecule has 72 valence electrons. The van der Waals surface area contributed by atoms with Crippen LogP contribution in [0.5, 0.6) is 0 Å². The fourth-order valence-corrected chi connectivity index (χ4v) is 0.720. The van der Waals surface area contributed by atoms with Gasteiger partial charge in [-0.05, 0) is 18.9 Å². The average molecular weight is 181 g/mol. The van der Waals surface area contributed by atoms with Crippen LogP contribution in [0.25, 0.3) is 0 Å². The average Bonchev–Trinajstić information content (AvgIpc) is 2.11. The summed E-state index contributed by atoms with van der Waals surface area (Å²) in [7, 11) is 0. The predicted molar refractivity (Wildman–Crippen MR) is 54.2 cm³/mol. The van der Waals surface area contributed by atoms with Gasteiger partial charge < -0.3 is 5.11 Å². The number of hydrogen-bond acceptors (Lipinski definition) is 2. The molecule has 0 rings (SSSR count). The smallest absolute Gasteiger partial charge is 0.333 e. The van der Waals surface area contributed by atoms with Crippen molar-refractivity contribution >= 4 is 11.7 Å². The Balaban J connectivity index is 4.72. The highest BCUT2D eigenvalue weighted by atomic mass is 16.4. The maximum atomic E-state index is 10.7. The standard InChI is InChI=1S/C10H15NO2/c1-5-7(3)9(10(12)13)11-8(4)6-2/h5,9H,1,3,6H2,2,4H3,(H,12,13). The quantitative estimate of drug-likeness (QED) is 0.521. The third kappa shape index (κ3) is 3.69. The van der Waals surface area contributed by atoms with Crippen molar-refractivity contribution in [3.63, 3.8) is 0 Å². The predicted octanol–water partition coefficient (Wildman–Crippen LogP) is 2.05. The second kappa shape index (κ2) is 5.30. The van der Waals surface area contributed by atoms with Crippen LogP contribution in [-0.4, -0.2) is 22.8 Å². The van der Waals surface area contributed by atoms with E-state index < -0.39 is 12.0 Å². The summed E-state index contributed by atoms with van der Waals surface area (Å²) in [5.41, 5.74) is 1.22. The third-order valence-electron chi connectivity index (χ3n) is 1.71. The van der Waals surface area contributed by atoms with E-state index in [9.17, 15) is 4.79 Å². The van der Waals surface area contributed by atoms with Gasteiger partial charge in [-0.3, -0.25) is 4.99 Å². The summed E-state index contributed by atoms with van der Waals surface area (Å²) in [6.45, 7) is 10.8. The monoisotopic (exact) mass is 181 g/mol. The second-order valence-corrected chi connectivity index (χ2v) is 2.74. The molecule has 0 fully saturated rings. The first-order chi connectivity index (χ1) is 6.02. The topological polar surface area (TPSA) is 49.7 Å². The van der Waals surface area contributed by atoms with Gasteiger partial charge in [0.25, 0.3) is 0 Å². The summed E-state index contributed by atoms with van der Waals surface area (Å²) in [5, 5.41) is 8.80. The highest BCUT2D eigenvalue weighted by molar-refractivity contribution is 5.87. The Kier molecular flexibility index (Phi) is 4.74. The molecule has 0 spiro atoms. The van der Waals surface area contributed by atoms with Gasteiger partial charge in [-0.25, -0.2) is 4.79 Å². The Labute approximate surface area is 78.5 Å². The number of hydrogen-bond donors (Lipinski definition) is 1. The van der Waals surface area contributed by atoms with E-state index in [2.05, 4.69) is 18.2 Å². The minimum Gasteiger partial charge on any atom is -0.479 e. The van der Waals surface area contributed by atoms with Crippen molar-refractivity contribution in [2.24, 2.45) is 4.99 Å². The molecule has 3 nitrogen and oxygen atoms in total. The summed E-state index contributed by atoms with van der Waals surface area (Å²) >= 11 is 0. The zero-order valence-corrected chi connectivity index (χ0v) is 8.08. The summed E-state index contributed by atoms with van der Waals surface area (Å²) < 4.78 is 0. The van der Waals surface area contributed by atoms with Gasteiger partial charge in [-0.15, -0.1) is 0 Å². The Morgan fingerprint density at radius 2 is 2.23 bits per heavy atom. The van der Waals surface area contributed by atoms with Gasteiger partial charge in [-0.2, -0.15) is 0 Å². The van der Waals surface area contributed by atoms with Crippen LogP contribution in [0, 0.1) is 0 Å². The van der Waals surface area contributed by atoms with Crippen molar-refractivity contribution in [3.05, 3.63) is 24.8 Å². The molecule has 0 saturated carbocycles. The Morgan fingerprint density at radius 3 is 2.54 bits per heavy atom. The molecule has 0 aromatic heterocycles. The van der Waals surface area contributed by atoms with Gasteiger partial charge in [-0.1, -0.05) is 26.2 Å². The van der Waals surface area contributed by atoms with Crippen molar-refractivity contribution < 1.29 is 9.90 Å². The molecule has 0 saturated heterocycles. The van der Waals surface area contributed by atoms with Crippen molar-refractivity contribution in [2.45, 2.75) is 26.3 Å². The minimum absolute atomic E-state index is 0.417. The normalized spacial score (nSPS) is 13.5. The van der Waals surface area contributed by atoms with E-state index in [0.29, 0.717) is 5.57 Å². The number of carboxylic acids is 1. The lowest BCUT2D eigenvalue weighted by atomic mass is 10.1. The summed E-state index contributed by atoms with van der Waals surface area (Å²) in [4.78, 5) is 14.7. The lowest BCUT2D eigenvalue weighted by molar-refractivity contribution is -0.137. The maximum Gasteiger partial charge on any atom is 0.333 e. The minimum atomic E-state index is -0.988. The summed E-state index contributed by atoms with van der Waals surface area (Å²) in [6.07, 6.45) is 2.17. The molecule has 0 radical (unpaired) electrons. The van der Waals surface area contributed by atoms with Gasteiger partial charge in [0.2, 0.25) is 0 Å². The number of rotatable bonds is 5. The fourth-order valence-electron chi connectivity index (χ4n) is 0.720. The highest BCUT2D eigenvalue weighted by Crippen LogP contribution is 2.07. The number of nitrogens with zero attached hydrogens (tertiary/aromatic N) is 1. The molecule has 3 heteroatoms. The zero-order valence-electron chi connectivity index (χ0n) is 8.08. The molecule has 1 N–H and O–H groups in total. The number of aliphatic carboxylic acids is 1. The number of aliphatic imine (C=N–C) groups is 1. The maximum absolute atomic E-state index is 10.7. The van der Waals surface area contributed by atoms with Crippen LogP contribution in [-0.2, 0) is 4.79 Å². The SMILES string of the molecule is C=CC(=C)C(N=C(C)CC)C(=O)O. The van der Waals surface area contributed by atoms with Crippen molar-refractivity contribution in [1.29, 1.82) is 0 Å². The van der Waals surface area contributed by atoms with Crippen molar-refractivity contribution in [1.82, 2.24) is 0 Å². The molecule has 0 aliphatic carbocycles. The molecule has 0 aromatic rings. The van der Waals surface area contributed by atoms with Gasteiger partial charge in [0.05, 0.1) is 0 Å². The van der Waals surface area contributed by atoms with E-state index in [0.717, 1.165) is 12.1 Å². The molecule has 1 atom stereocenters. The van der Waals surface area contributed by atoms with Crippen molar-refractivity contribution in [3.8, 4) is 0 Å². The molecule has 1 unspecified atom stereocenters. The van der Waals surface area contributed by atoms with E-state index in [1.165, 1.54) is 6.08 Å². The van der Waals surface area contributed by atoms with Crippen LogP contribution >= 0.6 is 0 Å². The number of carboxylic acid groups (broad SMARTS) is 1. The first-order valence-electron chi connectivity index (χ1n) is 4.10. The first-order valence-corrected chi connectivity index (χ1v) is 4.10. The van der Waals surface area contributed by atoms with Crippen LogP contribution in [0.4, 0.5) is 0 Å². The van der Waals surface area contributed by atoms with Crippen LogP contribution in [0.1, 0.15) is 20.3 Å². The van der Waals surface area contributed by atoms with Gasteiger partial charge in [0.15, 0.2) is 6.04 Å².